The highest BCUT2D eigenvalue weighted by atomic mass is 16.6. The number of ether oxygens (including phenoxy) is 1. The molecule has 0 bridgehead atoms. The highest BCUT2D eigenvalue weighted by Gasteiger charge is 2.43. The van der Waals surface area contributed by atoms with Gasteiger partial charge in [0.25, 0.3) is 5.91 Å². The number of carbonyl (C=O) groups excluding carboxylic acids is 1. The predicted octanol–water partition coefficient (Wildman–Crippen LogP) is -2.84. The molecule has 1 aliphatic rings. The molecule has 0 aliphatic carbocycles. The zero-order chi connectivity index (χ0) is 13.3. The first-order valence-corrected chi connectivity index (χ1v) is 5.26. The Morgan fingerprint density at radius 2 is 2.28 bits per heavy atom. The van der Waals surface area contributed by atoms with Gasteiger partial charge in [0.1, 0.15) is 24.0 Å². The van der Waals surface area contributed by atoms with E-state index in [0.717, 1.165) is 0 Å². The minimum atomic E-state index is -1.32. The molecule has 2 heterocycles. The zero-order valence-corrected chi connectivity index (χ0v) is 9.28. The molecular weight excluding hydrogens is 244 g/mol. The normalized spacial score (nSPS) is 31.5. The summed E-state index contributed by atoms with van der Waals surface area (Å²) in [5.41, 5.74) is 5.47. The Hall–Kier alpha value is -1.68. The molecule has 1 saturated heterocycles. The van der Waals surface area contributed by atoms with Gasteiger partial charge in [-0.1, -0.05) is 0 Å². The van der Waals surface area contributed by atoms with E-state index in [-0.39, 0.29) is 11.5 Å². The number of aliphatic hydroxyl groups excluding tert-OH is 3. The molecule has 2 rings (SSSR count). The van der Waals surface area contributed by atoms with Crippen LogP contribution in [0.1, 0.15) is 10.5 Å². The van der Waals surface area contributed by atoms with Gasteiger partial charge >= 0.3 is 0 Å². The summed E-state index contributed by atoms with van der Waals surface area (Å²) in [4.78, 5) is 17.9. The third kappa shape index (κ3) is 2.16. The minimum Gasteiger partial charge on any atom is -0.394 e. The lowest BCUT2D eigenvalue weighted by atomic mass is 10.1. The van der Waals surface area contributed by atoms with Crippen molar-refractivity contribution in [3.05, 3.63) is 12.0 Å². The van der Waals surface area contributed by atoms with Crippen molar-refractivity contribution in [2.75, 3.05) is 12.3 Å². The van der Waals surface area contributed by atoms with E-state index in [1.807, 2.05) is 0 Å². The van der Waals surface area contributed by atoms with Crippen molar-refractivity contribution in [1.82, 2.24) is 15.3 Å². The second-order valence-electron chi connectivity index (χ2n) is 3.90. The number of anilines is 1. The largest absolute Gasteiger partial charge is 0.394 e. The molecule has 1 fully saturated rings. The van der Waals surface area contributed by atoms with Gasteiger partial charge in [-0.2, -0.15) is 0 Å². The Morgan fingerprint density at radius 1 is 1.56 bits per heavy atom. The van der Waals surface area contributed by atoms with Crippen LogP contribution in [0, 0.1) is 0 Å². The Kier molecular flexibility index (Phi) is 3.48. The molecule has 9 heteroatoms. The first-order chi connectivity index (χ1) is 8.54. The number of aliphatic hydroxyl groups is 3. The monoisotopic (exact) mass is 258 g/mol. The summed E-state index contributed by atoms with van der Waals surface area (Å²) in [6, 6.07) is 0. The first kappa shape index (κ1) is 12.8. The lowest BCUT2D eigenvalue weighted by Gasteiger charge is -2.15. The second-order valence-corrected chi connectivity index (χ2v) is 3.90. The smallest absolute Gasteiger partial charge is 0.273 e. The standard InChI is InChI=1S/C9H14N4O5/c10-7-4(11-2-12-7)8(17)13-9-6(16)5(15)3(1-14)18-9/h2-3,5-6,9,14-16H,1,10H2,(H,11,12)(H,13,17). The van der Waals surface area contributed by atoms with Crippen LogP contribution in [0.3, 0.4) is 0 Å². The number of imidazole rings is 1. The fourth-order valence-corrected chi connectivity index (χ4v) is 1.71. The van der Waals surface area contributed by atoms with E-state index in [2.05, 4.69) is 15.3 Å². The van der Waals surface area contributed by atoms with Crippen LogP contribution in [-0.4, -0.2) is 62.3 Å². The van der Waals surface area contributed by atoms with Gasteiger partial charge in [-0.05, 0) is 0 Å². The maximum atomic E-state index is 11.7. The average Bonchev–Trinajstić information content (AvgIpc) is 2.88. The molecule has 7 N–H and O–H groups in total. The molecule has 0 radical (unpaired) electrons. The quantitative estimate of drug-likeness (QED) is 0.341. The summed E-state index contributed by atoms with van der Waals surface area (Å²) in [5.74, 6) is -0.612. The summed E-state index contributed by atoms with van der Waals surface area (Å²) in [6.45, 7) is -0.462. The highest BCUT2D eigenvalue weighted by molar-refractivity contribution is 5.96. The van der Waals surface area contributed by atoms with Crippen molar-refractivity contribution in [1.29, 1.82) is 0 Å². The number of hydrogen-bond acceptors (Lipinski definition) is 7. The number of aromatic amines is 1. The van der Waals surface area contributed by atoms with E-state index in [1.165, 1.54) is 6.33 Å². The number of hydrogen-bond donors (Lipinski definition) is 6. The fraction of sp³-hybridized carbons (Fsp3) is 0.556. The van der Waals surface area contributed by atoms with Crippen molar-refractivity contribution >= 4 is 11.7 Å². The lowest BCUT2D eigenvalue weighted by molar-refractivity contribution is -0.0304. The van der Waals surface area contributed by atoms with Gasteiger partial charge in [0.15, 0.2) is 12.0 Å². The third-order valence-electron chi connectivity index (χ3n) is 2.71. The number of nitrogen functional groups attached to an aromatic ring is 1. The molecule has 100 valence electrons. The van der Waals surface area contributed by atoms with Gasteiger partial charge in [0.2, 0.25) is 0 Å². The summed E-state index contributed by atoms with van der Waals surface area (Å²) < 4.78 is 5.09. The number of rotatable bonds is 3. The van der Waals surface area contributed by atoms with Crippen molar-refractivity contribution in [3.63, 3.8) is 0 Å². The molecule has 1 aromatic rings. The molecule has 4 atom stereocenters. The number of amides is 1. The Labute approximate surface area is 102 Å². The number of aromatic nitrogens is 2. The molecule has 4 unspecified atom stereocenters. The van der Waals surface area contributed by atoms with E-state index >= 15 is 0 Å². The van der Waals surface area contributed by atoms with E-state index in [9.17, 15) is 15.0 Å². The van der Waals surface area contributed by atoms with Gasteiger partial charge < -0.3 is 36.1 Å². The Balaban J connectivity index is 2.03. The predicted molar refractivity (Wildman–Crippen MR) is 58.2 cm³/mol. The van der Waals surface area contributed by atoms with Crippen LogP contribution in [0.25, 0.3) is 0 Å². The number of carbonyl (C=O) groups is 1. The minimum absolute atomic E-state index is 0.0132. The van der Waals surface area contributed by atoms with Gasteiger partial charge in [-0.15, -0.1) is 0 Å². The molecule has 0 spiro atoms. The van der Waals surface area contributed by atoms with Gasteiger partial charge in [0.05, 0.1) is 12.9 Å². The maximum absolute atomic E-state index is 11.7. The van der Waals surface area contributed by atoms with Gasteiger partial charge in [0, 0.05) is 0 Å². The van der Waals surface area contributed by atoms with Crippen molar-refractivity contribution < 1.29 is 24.9 Å². The van der Waals surface area contributed by atoms with Crippen LogP contribution < -0.4 is 11.1 Å². The lowest BCUT2D eigenvalue weighted by Crippen LogP contribution is -2.44. The van der Waals surface area contributed by atoms with Crippen molar-refractivity contribution in [2.45, 2.75) is 24.5 Å². The number of nitrogens with zero attached hydrogens (tertiary/aromatic N) is 1. The number of nitrogens with one attached hydrogen (secondary N) is 2. The molecule has 18 heavy (non-hydrogen) atoms. The Bertz CT molecular complexity index is 436. The first-order valence-electron chi connectivity index (χ1n) is 5.26. The topological polar surface area (TPSA) is 154 Å². The molecular formula is C9H14N4O5. The van der Waals surface area contributed by atoms with E-state index < -0.39 is 37.1 Å². The summed E-state index contributed by atoms with van der Waals surface area (Å²) in [5, 5.41) is 30.3. The van der Waals surface area contributed by atoms with Crippen molar-refractivity contribution in [2.24, 2.45) is 0 Å². The molecule has 1 aromatic heterocycles. The van der Waals surface area contributed by atoms with Crippen LogP contribution in [0.4, 0.5) is 5.82 Å². The second kappa shape index (κ2) is 4.90. The maximum Gasteiger partial charge on any atom is 0.273 e. The zero-order valence-electron chi connectivity index (χ0n) is 9.28. The molecule has 9 nitrogen and oxygen atoms in total. The molecule has 1 aliphatic heterocycles. The summed E-state index contributed by atoms with van der Waals surface area (Å²) in [7, 11) is 0. The fourth-order valence-electron chi connectivity index (χ4n) is 1.71. The van der Waals surface area contributed by atoms with Crippen molar-refractivity contribution in [3.8, 4) is 0 Å². The average molecular weight is 258 g/mol. The summed E-state index contributed by atoms with van der Waals surface area (Å²) >= 11 is 0. The molecule has 1 amide bonds. The molecule has 0 saturated carbocycles. The van der Waals surface area contributed by atoms with E-state index in [4.69, 9.17) is 15.6 Å². The van der Waals surface area contributed by atoms with Gasteiger partial charge in [-0.25, -0.2) is 4.98 Å². The summed E-state index contributed by atoms with van der Waals surface area (Å²) in [6.07, 6.45) is -3.40. The highest BCUT2D eigenvalue weighted by Crippen LogP contribution is 2.19. The van der Waals surface area contributed by atoms with Crippen LogP contribution in [0.5, 0.6) is 0 Å². The van der Waals surface area contributed by atoms with Gasteiger partial charge in [-0.3, -0.25) is 4.79 Å². The van der Waals surface area contributed by atoms with Crippen LogP contribution in [0.15, 0.2) is 6.33 Å². The third-order valence-corrected chi connectivity index (χ3v) is 2.71. The van der Waals surface area contributed by atoms with Crippen LogP contribution in [0.2, 0.25) is 0 Å². The van der Waals surface area contributed by atoms with E-state index in [0.29, 0.717) is 0 Å². The number of nitrogens with two attached hydrogens (primary N) is 1. The molecule has 0 aromatic carbocycles. The van der Waals surface area contributed by atoms with E-state index in [1.54, 1.807) is 0 Å². The Morgan fingerprint density at radius 3 is 2.78 bits per heavy atom. The van der Waals surface area contributed by atoms with Crippen LogP contribution in [-0.2, 0) is 4.74 Å². The number of H-pyrrole nitrogens is 1. The van der Waals surface area contributed by atoms with Crippen LogP contribution >= 0.6 is 0 Å². The SMILES string of the molecule is Nc1nc[nH]c1C(=O)NC1OC(CO)C(O)C1O.